The summed E-state index contributed by atoms with van der Waals surface area (Å²) >= 11 is 0. The van der Waals surface area contributed by atoms with Crippen LogP contribution in [0, 0.1) is 23.0 Å². The number of benzene rings is 1. The predicted molar refractivity (Wildman–Crippen MR) is 77.1 cm³/mol. The molecule has 1 aromatic carbocycles. The van der Waals surface area contributed by atoms with Crippen LogP contribution in [-0.2, 0) is 11.3 Å². The second kappa shape index (κ2) is 7.00. The van der Waals surface area contributed by atoms with Crippen LogP contribution < -0.4 is 5.73 Å². The molecule has 20 heavy (non-hydrogen) atoms. The Bertz CT molecular complexity index is 500. The fourth-order valence-electron chi connectivity index (χ4n) is 2.20. The van der Waals surface area contributed by atoms with Gasteiger partial charge in [-0.3, -0.25) is 19.8 Å². The van der Waals surface area contributed by atoms with Crippen LogP contribution in [0.25, 0.3) is 0 Å². The summed E-state index contributed by atoms with van der Waals surface area (Å²) in [4.78, 5) is 23.6. The minimum absolute atomic E-state index is 0.103. The number of carbonyl (C=O) groups is 1. The first-order chi connectivity index (χ1) is 9.31. The van der Waals surface area contributed by atoms with Crippen LogP contribution in [0.5, 0.6) is 0 Å². The third kappa shape index (κ3) is 4.62. The molecule has 0 spiro atoms. The number of nitrogens with two attached hydrogens (primary N) is 1. The van der Waals surface area contributed by atoms with Crippen molar-refractivity contribution in [2.75, 3.05) is 13.1 Å². The molecular weight excluding hydrogens is 258 g/mol. The van der Waals surface area contributed by atoms with Crippen molar-refractivity contribution in [1.82, 2.24) is 4.90 Å². The molecule has 0 aromatic heterocycles. The maximum Gasteiger partial charge on any atom is 0.272 e. The van der Waals surface area contributed by atoms with Gasteiger partial charge in [0.25, 0.3) is 5.69 Å². The summed E-state index contributed by atoms with van der Waals surface area (Å²) in [5.41, 5.74) is 6.84. The van der Waals surface area contributed by atoms with Crippen molar-refractivity contribution in [3.63, 3.8) is 0 Å². The summed E-state index contributed by atoms with van der Waals surface area (Å²) in [6.07, 6.45) is 0. The molecule has 0 aliphatic rings. The fourth-order valence-corrected chi connectivity index (χ4v) is 2.20. The van der Waals surface area contributed by atoms with E-state index in [2.05, 4.69) is 0 Å². The highest BCUT2D eigenvalue weighted by atomic mass is 16.6. The monoisotopic (exact) mass is 279 g/mol. The Balaban J connectivity index is 2.95. The molecule has 1 rings (SSSR count). The van der Waals surface area contributed by atoms with E-state index in [4.69, 9.17) is 5.73 Å². The lowest BCUT2D eigenvalue weighted by Crippen LogP contribution is -2.35. The summed E-state index contributed by atoms with van der Waals surface area (Å²) in [6.45, 7) is 7.17. The van der Waals surface area contributed by atoms with E-state index in [0.29, 0.717) is 24.6 Å². The highest BCUT2D eigenvalue weighted by Gasteiger charge is 2.17. The molecule has 110 valence electrons. The molecule has 1 aromatic rings. The van der Waals surface area contributed by atoms with Gasteiger partial charge < -0.3 is 5.73 Å². The Kier molecular flexibility index (Phi) is 5.64. The van der Waals surface area contributed by atoms with Crippen LogP contribution >= 0.6 is 0 Å². The second-order valence-corrected chi connectivity index (χ2v) is 5.35. The fraction of sp³-hybridized carbons (Fsp3) is 0.500. The topological polar surface area (TPSA) is 89.5 Å². The van der Waals surface area contributed by atoms with Gasteiger partial charge in [0.2, 0.25) is 5.91 Å². The van der Waals surface area contributed by atoms with Crippen molar-refractivity contribution < 1.29 is 9.72 Å². The minimum Gasteiger partial charge on any atom is -0.369 e. The summed E-state index contributed by atoms with van der Waals surface area (Å²) in [6, 6.07) is 4.99. The quantitative estimate of drug-likeness (QED) is 0.609. The van der Waals surface area contributed by atoms with Crippen molar-refractivity contribution in [1.29, 1.82) is 0 Å². The average Bonchev–Trinajstić information content (AvgIpc) is 2.29. The Morgan fingerprint density at radius 3 is 2.60 bits per heavy atom. The van der Waals surface area contributed by atoms with Crippen molar-refractivity contribution in [3.05, 3.63) is 39.4 Å². The van der Waals surface area contributed by atoms with E-state index in [0.717, 1.165) is 5.56 Å². The van der Waals surface area contributed by atoms with Gasteiger partial charge in [-0.15, -0.1) is 0 Å². The number of primary amides is 1. The Hall–Kier alpha value is -1.95. The van der Waals surface area contributed by atoms with E-state index in [9.17, 15) is 14.9 Å². The highest BCUT2D eigenvalue weighted by Crippen LogP contribution is 2.22. The number of nitro benzene ring substituents is 1. The molecule has 0 saturated carbocycles. The van der Waals surface area contributed by atoms with Crippen molar-refractivity contribution >= 4 is 11.6 Å². The SMILES string of the molecule is Cc1c(CN(CC(N)=O)CC(C)C)cccc1[N+](=O)[O-]. The van der Waals surface area contributed by atoms with Gasteiger partial charge in [0.15, 0.2) is 0 Å². The lowest BCUT2D eigenvalue weighted by molar-refractivity contribution is -0.385. The number of hydrogen-bond acceptors (Lipinski definition) is 4. The van der Waals surface area contributed by atoms with E-state index in [1.165, 1.54) is 6.07 Å². The van der Waals surface area contributed by atoms with Crippen molar-refractivity contribution in [2.45, 2.75) is 27.3 Å². The van der Waals surface area contributed by atoms with Crippen molar-refractivity contribution in [3.8, 4) is 0 Å². The standard InChI is InChI=1S/C14H21N3O3/c1-10(2)7-16(9-14(15)18)8-12-5-4-6-13(11(12)3)17(19)20/h4-6,10H,7-9H2,1-3H3,(H2,15,18). The number of nitrogens with zero attached hydrogens (tertiary/aromatic N) is 2. The third-order valence-electron chi connectivity index (χ3n) is 3.01. The summed E-state index contributed by atoms with van der Waals surface area (Å²) in [5.74, 6) is -0.0120. The van der Waals surface area contributed by atoms with Crippen molar-refractivity contribution in [2.24, 2.45) is 11.7 Å². The predicted octanol–water partition coefficient (Wildman–Crippen LogP) is 1.85. The smallest absolute Gasteiger partial charge is 0.272 e. The largest absolute Gasteiger partial charge is 0.369 e. The first-order valence-electron chi connectivity index (χ1n) is 6.54. The summed E-state index contributed by atoms with van der Waals surface area (Å²) in [7, 11) is 0. The van der Waals surface area contributed by atoms with Crippen LogP contribution in [0.4, 0.5) is 5.69 Å². The van der Waals surface area contributed by atoms with Gasteiger partial charge in [0, 0.05) is 24.7 Å². The number of hydrogen-bond donors (Lipinski definition) is 1. The number of rotatable bonds is 7. The normalized spacial score (nSPS) is 11.1. The molecule has 2 N–H and O–H groups in total. The molecule has 6 nitrogen and oxygen atoms in total. The molecule has 0 aliphatic carbocycles. The Morgan fingerprint density at radius 1 is 1.45 bits per heavy atom. The van der Waals surface area contributed by atoms with Crippen LogP contribution in [0.2, 0.25) is 0 Å². The van der Waals surface area contributed by atoms with E-state index in [1.54, 1.807) is 13.0 Å². The number of amides is 1. The second-order valence-electron chi connectivity index (χ2n) is 5.35. The van der Waals surface area contributed by atoms with Gasteiger partial charge in [-0.05, 0) is 18.4 Å². The van der Waals surface area contributed by atoms with Gasteiger partial charge in [-0.25, -0.2) is 0 Å². The van der Waals surface area contributed by atoms with Gasteiger partial charge in [-0.1, -0.05) is 26.0 Å². The molecule has 0 heterocycles. The van der Waals surface area contributed by atoms with Crippen LogP contribution in [0.3, 0.4) is 0 Å². The maximum absolute atomic E-state index is 11.1. The molecular formula is C14H21N3O3. The first kappa shape index (κ1) is 16.1. The zero-order chi connectivity index (χ0) is 15.3. The van der Waals surface area contributed by atoms with Gasteiger partial charge in [0.1, 0.15) is 0 Å². The van der Waals surface area contributed by atoms with E-state index < -0.39 is 5.91 Å². The van der Waals surface area contributed by atoms with Gasteiger partial charge in [-0.2, -0.15) is 0 Å². The zero-order valence-corrected chi connectivity index (χ0v) is 12.1. The molecule has 0 radical (unpaired) electrons. The highest BCUT2D eigenvalue weighted by molar-refractivity contribution is 5.75. The van der Waals surface area contributed by atoms with E-state index in [1.807, 2.05) is 24.8 Å². The minimum atomic E-state index is -0.395. The van der Waals surface area contributed by atoms with Crippen LogP contribution in [0.1, 0.15) is 25.0 Å². The lowest BCUT2D eigenvalue weighted by Gasteiger charge is -2.23. The Labute approximate surface area is 118 Å². The molecule has 0 fully saturated rings. The average molecular weight is 279 g/mol. The molecule has 0 atom stereocenters. The maximum atomic E-state index is 11.1. The molecule has 0 aliphatic heterocycles. The van der Waals surface area contributed by atoms with Gasteiger partial charge >= 0.3 is 0 Å². The number of nitro groups is 1. The van der Waals surface area contributed by atoms with Crippen LogP contribution in [-0.4, -0.2) is 28.8 Å². The molecule has 1 amide bonds. The molecule has 6 heteroatoms. The zero-order valence-electron chi connectivity index (χ0n) is 12.1. The molecule has 0 bridgehead atoms. The lowest BCUT2D eigenvalue weighted by atomic mass is 10.1. The molecule has 0 saturated heterocycles. The first-order valence-corrected chi connectivity index (χ1v) is 6.54. The van der Waals surface area contributed by atoms with Gasteiger partial charge in [0.05, 0.1) is 11.5 Å². The van der Waals surface area contributed by atoms with E-state index in [-0.39, 0.29) is 17.2 Å². The third-order valence-corrected chi connectivity index (χ3v) is 3.01. The molecule has 0 unspecified atom stereocenters. The van der Waals surface area contributed by atoms with Crippen LogP contribution in [0.15, 0.2) is 18.2 Å². The summed E-state index contributed by atoms with van der Waals surface area (Å²) < 4.78 is 0. The van der Waals surface area contributed by atoms with E-state index >= 15 is 0 Å². The number of carbonyl (C=O) groups excluding carboxylic acids is 1. The Morgan fingerprint density at radius 2 is 2.10 bits per heavy atom. The summed E-state index contributed by atoms with van der Waals surface area (Å²) in [5, 5.41) is 10.9.